The Morgan fingerprint density at radius 3 is 2.59 bits per heavy atom. The van der Waals surface area contributed by atoms with Crippen molar-refractivity contribution in [1.82, 2.24) is 24.4 Å². The van der Waals surface area contributed by atoms with Gasteiger partial charge in [-0.2, -0.15) is 9.97 Å². The Kier molecular flexibility index (Phi) is 8.15. The number of nitrogens with one attached hydrogen (secondary N) is 1. The summed E-state index contributed by atoms with van der Waals surface area (Å²) in [7, 11) is 1.60. The molecule has 1 amide bonds. The number of imidazole rings is 1. The van der Waals surface area contributed by atoms with E-state index in [1.807, 2.05) is 4.90 Å². The standard InChI is InChI=1S/C28H35F2N7O4/c1-39-17-20-16-36(28(38)41-20)19-8-6-18(7-9-19)15-31-27-33-23(35-10-12-40-13-11-35)14-24(34-27)37-22-5-3-2-4-21(22)32-26(37)25(29)30/h2-5,14,18-20,25H,6-13,15-17H2,1H3,(H,31,33,34). The lowest BCUT2D eigenvalue weighted by Crippen LogP contribution is -2.40. The number of rotatable bonds is 9. The number of halogens is 2. The topological polar surface area (TPSA) is 107 Å². The Bertz CT molecular complexity index is 1360. The van der Waals surface area contributed by atoms with Gasteiger partial charge in [-0.25, -0.2) is 18.6 Å². The van der Waals surface area contributed by atoms with Gasteiger partial charge in [0, 0.05) is 38.9 Å². The van der Waals surface area contributed by atoms with Crippen LogP contribution in [0.15, 0.2) is 30.3 Å². The van der Waals surface area contributed by atoms with Crippen molar-refractivity contribution in [2.24, 2.45) is 5.92 Å². The van der Waals surface area contributed by atoms with Crippen LogP contribution in [0.2, 0.25) is 0 Å². The van der Waals surface area contributed by atoms with E-state index < -0.39 is 6.43 Å². The lowest BCUT2D eigenvalue weighted by atomic mass is 9.85. The van der Waals surface area contributed by atoms with Crippen LogP contribution in [0.5, 0.6) is 0 Å². The van der Waals surface area contributed by atoms with Crippen LogP contribution in [-0.4, -0.2) is 95.8 Å². The van der Waals surface area contributed by atoms with Crippen molar-refractivity contribution in [2.45, 2.75) is 44.3 Å². The van der Waals surface area contributed by atoms with Gasteiger partial charge in [-0.1, -0.05) is 12.1 Å². The van der Waals surface area contributed by atoms with Crippen LogP contribution in [0.4, 0.5) is 25.3 Å². The van der Waals surface area contributed by atoms with Gasteiger partial charge in [-0.3, -0.25) is 4.57 Å². The van der Waals surface area contributed by atoms with E-state index in [-0.39, 0.29) is 24.1 Å². The van der Waals surface area contributed by atoms with Gasteiger partial charge >= 0.3 is 6.09 Å². The summed E-state index contributed by atoms with van der Waals surface area (Å²) in [6.45, 7) is 4.04. The number of ether oxygens (including phenoxy) is 3. The SMILES string of the molecule is COCC1CN(C2CCC(CNc3nc(N4CCOCC4)cc(-n4c(C(F)F)nc5ccccc54)n3)CC2)C(=O)O1. The van der Waals surface area contributed by atoms with Gasteiger partial charge in [0.1, 0.15) is 17.7 Å². The Balaban J connectivity index is 1.19. The normalized spacial score (nSPS) is 23.4. The maximum atomic E-state index is 14.1. The molecule has 3 aliphatic rings. The number of amides is 1. The third-order valence-electron chi connectivity index (χ3n) is 8.11. The predicted molar refractivity (Wildman–Crippen MR) is 148 cm³/mol. The summed E-state index contributed by atoms with van der Waals surface area (Å²) in [5.74, 6) is 1.39. The van der Waals surface area contributed by atoms with Crippen molar-refractivity contribution in [3.63, 3.8) is 0 Å². The second kappa shape index (κ2) is 12.1. The smallest absolute Gasteiger partial charge is 0.410 e. The molecule has 0 spiro atoms. The van der Waals surface area contributed by atoms with Gasteiger partial charge < -0.3 is 29.3 Å². The second-order valence-electron chi connectivity index (χ2n) is 10.8. The number of carbonyl (C=O) groups is 1. The lowest BCUT2D eigenvalue weighted by molar-refractivity contribution is 0.0712. The van der Waals surface area contributed by atoms with E-state index in [0.29, 0.717) is 80.5 Å². The number of cyclic esters (lactones) is 1. The molecule has 41 heavy (non-hydrogen) atoms. The maximum absolute atomic E-state index is 14.1. The number of alkyl halides is 2. The minimum atomic E-state index is -2.77. The molecule has 13 heteroatoms. The van der Waals surface area contributed by atoms with E-state index in [1.54, 1.807) is 37.4 Å². The third-order valence-corrected chi connectivity index (χ3v) is 8.11. The Hall–Kier alpha value is -3.58. The molecule has 1 unspecified atom stereocenters. The molecule has 1 saturated carbocycles. The molecule has 1 atom stereocenters. The first-order valence-electron chi connectivity index (χ1n) is 14.2. The van der Waals surface area contributed by atoms with Gasteiger partial charge in [0.25, 0.3) is 6.43 Å². The van der Waals surface area contributed by atoms with Crippen molar-refractivity contribution in [2.75, 3.05) is 63.3 Å². The molecule has 1 aliphatic carbocycles. The molecule has 11 nitrogen and oxygen atoms in total. The van der Waals surface area contributed by atoms with E-state index in [9.17, 15) is 13.6 Å². The van der Waals surface area contributed by atoms with E-state index in [4.69, 9.17) is 24.2 Å². The van der Waals surface area contributed by atoms with Crippen LogP contribution in [0.25, 0.3) is 16.9 Å². The number of carbonyl (C=O) groups excluding carboxylic acids is 1. The van der Waals surface area contributed by atoms with Gasteiger partial charge in [0.2, 0.25) is 5.95 Å². The van der Waals surface area contributed by atoms with Crippen molar-refractivity contribution in [1.29, 1.82) is 0 Å². The molecule has 2 aromatic heterocycles. The molecule has 6 rings (SSSR count). The van der Waals surface area contributed by atoms with Crippen molar-refractivity contribution < 1.29 is 27.8 Å². The van der Waals surface area contributed by atoms with Crippen molar-refractivity contribution in [3.05, 3.63) is 36.2 Å². The van der Waals surface area contributed by atoms with Crippen LogP contribution < -0.4 is 10.2 Å². The number of aromatic nitrogens is 4. The molecule has 4 heterocycles. The molecule has 3 aromatic rings. The average molecular weight is 572 g/mol. The van der Waals surface area contributed by atoms with E-state index in [2.05, 4.69) is 15.2 Å². The quantitative estimate of drug-likeness (QED) is 0.407. The fourth-order valence-electron chi connectivity index (χ4n) is 6.01. The van der Waals surface area contributed by atoms with E-state index >= 15 is 0 Å². The summed E-state index contributed by atoms with van der Waals surface area (Å²) in [5, 5.41) is 3.39. The van der Waals surface area contributed by atoms with E-state index in [0.717, 1.165) is 25.7 Å². The molecular formula is C28H35F2N7O4. The van der Waals surface area contributed by atoms with Crippen LogP contribution in [0.3, 0.4) is 0 Å². The fraction of sp³-hybridized carbons (Fsp3) is 0.571. The largest absolute Gasteiger partial charge is 0.442 e. The number of hydrogen-bond donors (Lipinski definition) is 1. The number of benzene rings is 1. The monoisotopic (exact) mass is 571 g/mol. The highest BCUT2D eigenvalue weighted by Crippen LogP contribution is 2.32. The molecule has 1 aromatic carbocycles. The Morgan fingerprint density at radius 2 is 1.83 bits per heavy atom. The van der Waals surface area contributed by atoms with Gasteiger partial charge in [-0.05, 0) is 43.7 Å². The summed E-state index contributed by atoms with van der Waals surface area (Å²) in [6, 6.07) is 8.97. The highest BCUT2D eigenvalue weighted by atomic mass is 19.3. The minimum Gasteiger partial charge on any atom is -0.442 e. The summed E-state index contributed by atoms with van der Waals surface area (Å²) in [5.41, 5.74) is 1.04. The molecule has 0 bridgehead atoms. The van der Waals surface area contributed by atoms with Crippen LogP contribution >= 0.6 is 0 Å². The molecular weight excluding hydrogens is 536 g/mol. The fourth-order valence-corrected chi connectivity index (χ4v) is 6.01. The lowest BCUT2D eigenvalue weighted by Gasteiger charge is -2.33. The number of anilines is 2. The van der Waals surface area contributed by atoms with Crippen LogP contribution in [-0.2, 0) is 14.2 Å². The summed E-state index contributed by atoms with van der Waals surface area (Å²) in [6.07, 6.45) is 0.412. The van der Waals surface area contributed by atoms with Crippen LogP contribution in [0, 0.1) is 5.92 Å². The highest BCUT2D eigenvalue weighted by molar-refractivity contribution is 5.78. The first kappa shape index (κ1) is 27.6. The van der Waals surface area contributed by atoms with Crippen molar-refractivity contribution >= 4 is 28.9 Å². The average Bonchev–Trinajstić information content (AvgIpc) is 3.57. The molecule has 2 aliphatic heterocycles. The minimum absolute atomic E-state index is 0.162. The summed E-state index contributed by atoms with van der Waals surface area (Å²) in [4.78, 5) is 29.9. The Labute approximate surface area is 236 Å². The molecule has 2 saturated heterocycles. The first-order valence-corrected chi connectivity index (χ1v) is 14.2. The molecule has 3 fully saturated rings. The number of methoxy groups -OCH3 is 1. The van der Waals surface area contributed by atoms with Gasteiger partial charge in [0.05, 0.1) is 37.4 Å². The number of para-hydroxylation sites is 2. The number of hydrogen-bond acceptors (Lipinski definition) is 9. The zero-order valence-electron chi connectivity index (χ0n) is 23.0. The highest BCUT2D eigenvalue weighted by Gasteiger charge is 2.37. The van der Waals surface area contributed by atoms with Gasteiger partial charge in [-0.15, -0.1) is 0 Å². The zero-order chi connectivity index (χ0) is 28.3. The molecule has 0 radical (unpaired) electrons. The number of nitrogens with zero attached hydrogens (tertiary/aromatic N) is 6. The second-order valence-corrected chi connectivity index (χ2v) is 10.8. The van der Waals surface area contributed by atoms with Crippen LogP contribution in [0.1, 0.15) is 37.9 Å². The molecule has 220 valence electrons. The first-order chi connectivity index (χ1) is 20.0. The van der Waals surface area contributed by atoms with Crippen molar-refractivity contribution in [3.8, 4) is 5.82 Å². The molecule has 1 N–H and O–H groups in total. The zero-order valence-corrected chi connectivity index (χ0v) is 23.0. The predicted octanol–water partition coefficient (Wildman–Crippen LogP) is 4.03. The number of morpholine rings is 1. The summed E-state index contributed by atoms with van der Waals surface area (Å²) >= 11 is 0. The number of fused-ring (bicyclic) bond motifs is 1. The van der Waals surface area contributed by atoms with E-state index in [1.165, 1.54) is 4.57 Å². The maximum Gasteiger partial charge on any atom is 0.410 e. The summed E-state index contributed by atoms with van der Waals surface area (Å²) < 4.78 is 45.7. The third kappa shape index (κ3) is 5.91. The Morgan fingerprint density at radius 1 is 1.07 bits per heavy atom. The van der Waals surface area contributed by atoms with Gasteiger partial charge in [0.15, 0.2) is 5.82 Å².